The second kappa shape index (κ2) is 10.7. The highest BCUT2D eigenvalue weighted by molar-refractivity contribution is 6.11. The number of methoxy groups -OCH3 is 1. The molecule has 8 nitrogen and oxygen atoms in total. The molecule has 0 atom stereocenters. The van der Waals surface area contributed by atoms with Crippen LogP contribution in [0.4, 0.5) is 16.2 Å². The second-order valence-electron chi connectivity index (χ2n) is 7.72. The minimum atomic E-state index is -0.634. The fourth-order valence-electron chi connectivity index (χ4n) is 3.60. The van der Waals surface area contributed by atoms with Crippen LogP contribution in [-0.2, 0) is 9.47 Å². The molecule has 1 aromatic heterocycles. The van der Waals surface area contributed by atoms with Gasteiger partial charge in [0.25, 0.3) is 5.91 Å². The first-order valence-electron chi connectivity index (χ1n) is 10.9. The number of anilines is 2. The molecule has 4 aromatic rings. The smallest absolute Gasteiger partial charge is 0.411 e. The summed E-state index contributed by atoms with van der Waals surface area (Å²) in [6.07, 6.45) is -0.634. The van der Waals surface area contributed by atoms with Gasteiger partial charge >= 0.3 is 6.09 Å². The fourth-order valence-corrected chi connectivity index (χ4v) is 3.60. The van der Waals surface area contributed by atoms with E-state index in [2.05, 4.69) is 10.6 Å². The Morgan fingerprint density at radius 1 is 0.886 bits per heavy atom. The number of rotatable bonds is 7. The molecular weight excluding hydrogens is 448 g/mol. The molecule has 178 valence electrons. The highest BCUT2D eigenvalue weighted by atomic mass is 16.6. The SMILES string of the molecule is COCCOC(=O)Nc1cccc(NC(=O)c2cccc3c(=O)c(C)c(-c4ccccc4)oc23)c1. The van der Waals surface area contributed by atoms with Crippen LogP contribution in [0.25, 0.3) is 22.3 Å². The van der Waals surface area contributed by atoms with Gasteiger partial charge in [-0.25, -0.2) is 4.79 Å². The molecule has 3 aromatic carbocycles. The van der Waals surface area contributed by atoms with Gasteiger partial charge in [0.1, 0.15) is 12.4 Å². The van der Waals surface area contributed by atoms with Crippen molar-refractivity contribution in [2.45, 2.75) is 6.92 Å². The number of para-hydroxylation sites is 1. The summed E-state index contributed by atoms with van der Waals surface area (Å²) in [5, 5.41) is 5.72. The number of hydrogen-bond acceptors (Lipinski definition) is 6. The van der Waals surface area contributed by atoms with E-state index >= 15 is 0 Å². The average Bonchev–Trinajstić information content (AvgIpc) is 2.86. The molecule has 2 amide bonds. The van der Waals surface area contributed by atoms with Crippen molar-refractivity contribution in [2.24, 2.45) is 0 Å². The molecule has 35 heavy (non-hydrogen) atoms. The fraction of sp³-hybridized carbons (Fsp3) is 0.148. The Kier molecular flexibility index (Phi) is 7.23. The highest BCUT2D eigenvalue weighted by Crippen LogP contribution is 2.28. The molecule has 0 spiro atoms. The molecule has 0 bridgehead atoms. The van der Waals surface area contributed by atoms with Gasteiger partial charge < -0.3 is 19.2 Å². The van der Waals surface area contributed by atoms with Crippen LogP contribution >= 0.6 is 0 Å². The van der Waals surface area contributed by atoms with E-state index in [1.807, 2.05) is 30.3 Å². The molecule has 0 unspecified atom stereocenters. The average molecular weight is 472 g/mol. The van der Waals surface area contributed by atoms with Crippen molar-refractivity contribution in [2.75, 3.05) is 31.0 Å². The Bertz CT molecular complexity index is 1430. The van der Waals surface area contributed by atoms with Gasteiger partial charge in [-0.1, -0.05) is 42.5 Å². The zero-order valence-corrected chi connectivity index (χ0v) is 19.3. The van der Waals surface area contributed by atoms with Gasteiger partial charge in [0.15, 0.2) is 11.0 Å². The van der Waals surface area contributed by atoms with E-state index in [-0.39, 0.29) is 29.8 Å². The first-order chi connectivity index (χ1) is 17.0. The van der Waals surface area contributed by atoms with Gasteiger partial charge in [0.2, 0.25) is 0 Å². The summed E-state index contributed by atoms with van der Waals surface area (Å²) in [6, 6.07) is 20.8. The summed E-state index contributed by atoms with van der Waals surface area (Å²) in [6.45, 7) is 2.12. The van der Waals surface area contributed by atoms with E-state index in [1.165, 1.54) is 7.11 Å². The van der Waals surface area contributed by atoms with Gasteiger partial charge in [-0.3, -0.25) is 14.9 Å². The van der Waals surface area contributed by atoms with Gasteiger partial charge in [-0.15, -0.1) is 0 Å². The molecule has 1 heterocycles. The number of benzene rings is 3. The monoisotopic (exact) mass is 472 g/mol. The minimum absolute atomic E-state index is 0.121. The summed E-state index contributed by atoms with van der Waals surface area (Å²) in [5.74, 6) is -0.0389. The Balaban J connectivity index is 1.62. The maximum atomic E-state index is 13.2. The molecule has 0 aliphatic carbocycles. The lowest BCUT2D eigenvalue weighted by molar-refractivity contribution is 0.102. The number of carbonyl (C=O) groups excluding carboxylic acids is 2. The van der Waals surface area contributed by atoms with Crippen LogP contribution in [0.2, 0.25) is 0 Å². The summed E-state index contributed by atoms with van der Waals surface area (Å²) >= 11 is 0. The Hall–Kier alpha value is -4.43. The number of hydrogen-bond donors (Lipinski definition) is 2. The van der Waals surface area contributed by atoms with Crippen LogP contribution in [0, 0.1) is 6.92 Å². The van der Waals surface area contributed by atoms with Crippen LogP contribution in [0.5, 0.6) is 0 Å². The molecular formula is C27H24N2O6. The van der Waals surface area contributed by atoms with E-state index in [4.69, 9.17) is 13.9 Å². The topological polar surface area (TPSA) is 107 Å². The molecule has 0 aliphatic rings. The van der Waals surface area contributed by atoms with Gasteiger partial charge in [0.05, 0.1) is 17.6 Å². The largest absolute Gasteiger partial charge is 0.455 e. The van der Waals surface area contributed by atoms with Gasteiger partial charge in [0, 0.05) is 29.6 Å². The molecule has 0 saturated carbocycles. The summed E-state index contributed by atoms with van der Waals surface area (Å²) < 4.78 is 16.0. The van der Waals surface area contributed by atoms with Crippen molar-refractivity contribution in [3.63, 3.8) is 0 Å². The maximum absolute atomic E-state index is 13.2. The Morgan fingerprint density at radius 2 is 1.60 bits per heavy atom. The molecule has 4 rings (SSSR count). The van der Waals surface area contributed by atoms with Crippen LogP contribution in [-0.4, -0.2) is 32.3 Å². The first kappa shape index (κ1) is 23.7. The van der Waals surface area contributed by atoms with Crippen molar-refractivity contribution >= 4 is 34.3 Å². The minimum Gasteiger partial charge on any atom is -0.455 e. The zero-order chi connectivity index (χ0) is 24.8. The van der Waals surface area contributed by atoms with E-state index in [0.717, 1.165) is 5.56 Å². The number of carbonyl (C=O) groups is 2. The molecule has 8 heteroatoms. The summed E-state index contributed by atoms with van der Waals surface area (Å²) in [7, 11) is 1.51. The summed E-state index contributed by atoms with van der Waals surface area (Å²) in [5.41, 5.74) is 2.33. The maximum Gasteiger partial charge on any atom is 0.411 e. The third-order valence-corrected chi connectivity index (χ3v) is 5.31. The Labute approximate surface area is 201 Å². The van der Waals surface area contributed by atoms with E-state index in [9.17, 15) is 14.4 Å². The predicted molar refractivity (Wildman–Crippen MR) is 134 cm³/mol. The van der Waals surface area contributed by atoms with Crippen molar-refractivity contribution in [1.82, 2.24) is 0 Å². The van der Waals surface area contributed by atoms with Gasteiger partial charge in [-0.2, -0.15) is 0 Å². The van der Waals surface area contributed by atoms with Crippen LogP contribution in [0.15, 0.2) is 82.0 Å². The molecule has 0 radical (unpaired) electrons. The standard InChI is InChI=1S/C27H24N2O6/c1-17-23(30)21-12-7-13-22(25(21)35-24(17)18-8-4-3-5-9-18)26(31)28-19-10-6-11-20(16-19)29-27(32)34-15-14-33-2/h3-13,16H,14-15H2,1-2H3,(H,28,31)(H,29,32). The Morgan fingerprint density at radius 3 is 2.34 bits per heavy atom. The lowest BCUT2D eigenvalue weighted by atomic mass is 10.0. The van der Waals surface area contributed by atoms with E-state index in [0.29, 0.717) is 28.1 Å². The van der Waals surface area contributed by atoms with Crippen molar-refractivity contribution in [3.8, 4) is 11.3 Å². The first-order valence-corrected chi connectivity index (χ1v) is 10.9. The van der Waals surface area contributed by atoms with Crippen molar-refractivity contribution in [3.05, 3.63) is 94.1 Å². The second-order valence-corrected chi connectivity index (χ2v) is 7.72. The zero-order valence-electron chi connectivity index (χ0n) is 19.3. The summed E-state index contributed by atoms with van der Waals surface area (Å²) in [4.78, 5) is 38.1. The lowest BCUT2D eigenvalue weighted by Gasteiger charge is -2.12. The van der Waals surface area contributed by atoms with Gasteiger partial charge in [-0.05, 0) is 37.3 Å². The third kappa shape index (κ3) is 5.39. The van der Waals surface area contributed by atoms with Crippen LogP contribution < -0.4 is 16.1 Å². The highest BCUT2D eigenvalue weighted by Gasteiger charge is 2.18. The number of nitrogens with one attached hydrogen (secondary N) is 2. The molecule has 0 saturated heterocycles. The van der Waals surface area contributed by atoms with E-state index in [1.54, 1.807) is 49.4 Å². The molecule has 0 aliphatic heterocycles. The normalized spacial score (nSPS) is 10.7. The van der Waals surface area contributed by atoms with Crippen molar-refractivity contribution < 1.29 is 23.5 Å². The predicted octanol–water partition coefficient (Wildman–Crippen LogP) is 5.22. The van der Waals surface area contributed by atoms with Crippen LogP contribution in [0.1, 0.15) is 15.9 Å². The third-order valence-electron chi connectivity index (χ3n) is 5.31. The molecule has 0 fully saturated rings. The number of ether oxygens (including phenoxy) is 2. The lowest BCUT2D eigenvalue weighted by Crippen LogP contribution is -2.17. The van der Waals surface area contributed by atoms with Crippen LogP contribution in [0.3, 0.4) is 0 Å². The molecule has 2 N–H and O–H groups in total. The number of fused-ring (bicyclic) bond motifs is 1. The van der Waals surface area contributed by atoms with E-state index < -0.39 is 12.0 Å². The number of amides is 2. The quantitative estimate of drug-likeness (QED) is 0.357. The van der Waals surface area contributed by atoms with Crippen molar-refractivity contribution in [1.29, 1.82) is 0 Å².